The van der Waals surface area contributed by atoms with E-state index in [2.05, 4.69) is 20.5 Å². The molecule has 0 fully saturated rings. The Bertz CT molecular complexity index is 1370. The number of rotatable bonds is 2. The van der Waals surface area contributed by atoms with Crippen LogP contribution in [0.3, 0.4) is 0 Å². The van der Waals surface area contributed by atoms with Crippen LogP contribution in [0.5, 0.6) is 17.4 Å². The van der Waals surface area contributed by atoms with Gasteiger partial charge < -0.3 is 19.5 Å². The maximum Gasteiger partial charge on any atom is 0.250 e. The number of aromatic nitrogens is 4. The third kappa shape index (κ3) is 2.75. The van der Waals surface area contributed by atoms with Gasteiger partial charge >= 0.3 is 0 Å². The predicted octanol–water partition coefficient (Wildman–Crippen LogP) is 3.56. The lowest BCUT2D eigenvalue weighted by Gasteiger charge is -2.16. The SMILES string of the molecule is COc1ncc(-c2cc3c(n4cnnc24)NCc2c(F)ccc4c2[C@@H](CO4)CO3)cc1F. The smallest absolute Gasteiger partial charge is 0.250 e. The highest BCUT2D eigenvalue weighted by molar-refractivity contribution is 5.81. The Labute approximate surface area is 180 Å². The van der Waals surface area contributed by atoms with E-state index in [-0.39, 0.29) is 24.2 Å². The third-order valence-electron chi connectivity index (χ3n) is 5.83. The maximum absolute atomic E-state index is 14.7. The zero-order valence-electron chi connectivity index (χ0n) is 16.9. The van der Waals surface area contributed by atoms with E-state index in [0.29, 0.717) is 52.9 Å². The van der Waals surface area contributed by atoms with Crippen LogP contribution in [-0.2, 0) is 6.54 Å². The van der Waals surface area contributed by atoms with Crippen LogP contribution in [-0.4, -0.2) is 39.9 Å². The molecular formula is C22H17F2N5O3. The van der Waals surface area contributed by atoms with Crippen LogP contribution in [0.4, 0.5) is 14.6 Å². The number of nitrogens with one attached hydrogen (secondary N) is 1. The largest absolute Gasteiger partial charge is 0.493 e. The molecule has 2 aliphatic heterocycles. The normalized spacial score (nSPS) is 16.7. The van der Waals surface area contributed by atoms with Crippen molar-refractivity contribution in [2.75, 3.05) is 25.6 Å². The van der Waals surface area contributed by atoms with Crippen molar-refractivity contribution in [3.8, 4) is 28.5 Å². The molecule has 10 heteroatoms. The molecule has 5 heterocycles. The van der Waals surface area contributed by atoms with E-state index in [9.17, 15) is 8.78 Å². The lowest BCUT2D eigenvalue weighted by Crippen LogP contribution is -2.13. The number of pyridine rings is 2. The van der Waals surface area contributed by atoms with Crippen LogP contribution in [0.1, 0.15) is 17.0 Å². The first-order valence-corrected chi connectivity index (χ1v) is 10.0. The van der Waals surface area contributed by atoms with E-state index in [4.69, 9.17) is 14.2 Å². The van der Waals surface area contributed by atoms with Crippen molar-refractivity contribution in [1.82, 2.24) is 19.6 Å². The highest BCUT2D eigenvalue weighted by Crippen LogP contribution is 2.42. The van der Waals surface area contributed by atoms with Gasteiger partial charge in [-0.3, -0.25) is 4.40 Å². The number of hydrogen-bond donors (Lipinski definition) is 1. The summed E-state index contributed by atoms with van der Waals surface area (Å²) in [6, 6.07) is 6.16. The van der Waals surface area contributed by atoms with Crippen LogP contribution < -0.4 is 19.5 Å². The lowest BCUT2D eigenvalue weighted by molar-refractivity contribution is 0.249. The van der Waals surface area contributed by atoms with E-state index < -0.39 is 5.82 Å². The van der Waals surface area contributed by atoms with E-state index in [0.717, 1.165) is 5.56 Å². The third-order valence-corrected chi connectivity index (χ3v) is 5.83. The van der Waals surface area contributed by atoms with Gasteiger partial charge in [-0.1, -0.05) is 0 Å². The van der Waals surface area contributed by atoms with Crippen molar-refractivity contribution >= 4 is 11.5 Å². The molecular weight excluding hydrogens is 420 g/mol. The Hall–Kier alpha value is -3.95. The lowest BCUT2D eigenvalue weighted by atomic mass is 9.96. The van der Waals surface area contributed by atoms with E-state index >= 15 is 0 Å². The van der Waals surface area contributed by atoms with Crippen molar-refractivity contribution in [2.24, 2.45) is 0 Å². The molecule has 32 heavy (non-hydrogen) atoms. The molecule has 0 amide bonds. The van der Waals surface area contributed by atoms with E-state index in [1.807, 2.05) is 0 Å². The number of fused-ring (bicyclic) bond motifs is 3. The quantitative estimate of drug-likeness (QED) is 0.514. The number of anilines is 1. The molecule has 0 radical (unpaired) electrons. The van der Waals surface area contributed by atoms with Gasteiger partial charge in [-0.15, -0.1) is 10.2 Å². The Morgan fingerprint density at radius 3 is 2.78 bits per heavy atom. The highest BCUT2D eigenvalue weighted by Gasteiger charge is 2.31. The molecule has 1 N–H and O–H groups in total. The van der Waals surface area contributed by atoms with Gasteiger partial charge in [-0.05, 0) is 24.3 Å². The molecule has 0 saturated heterocycles. The Balaban J connectivity index is 1.50. The number of halogens is 2. The first-order chi connectivity index (χ1) is 15.6. The maximum atomic E-state index is 14.7. The summed E-state index contributed by atoms with van der Waals surface area (Å²) in [7, 11) is 1.36. The molecule has 3 aromatic heterocycles. The predicted molar refractivity (Wildman–Crippen MR) is 110 cm³/mol. The summed E-state index contributed by atoms with van der Waals surface area (Å²) in [5.74, 6) is 0.669. The zero-order chi connectivity index (χ0) is 21.8. The fourth-order valence-electron chi connectivity index (χ4n) is 4.32. The Morgan fingerprint density at radius 2 is 1.97 bits per heavy atom. The molecule has 0 aliphatic carbocycles. The number of nitrogens with zero attached hydrogens (tertiary/aromatic N) is 4. The van der Waals surface area contributed by atoms with Gasteiger partial charge in [-0.25, -0.2) is 13.8 Å². The first-order valence-electron chi connectivity index (χ1n) is 10.0. The molecule has 0 spiro atoms. The molecule has 8 nitrogen and oxygen atoms in total. The van der Waals surface area contributed by atoms with Crippen LogP contribution >= 0.6 is 0 Å². The summed E-state index contributed by atoms with van der Waals surface area (Å²) in [5, 5.41) is 11.5. The minimum Gasteiger partial charge on any atom is -0.493 e. The van der Waals surface area contributed by atoms with Gasteiger partial charge in [0.25, 0.3) is 0 Å². The number of hydrogen-bond acceptors (Lipinski definition) is 7. The van der Waals surface area contributed by atoms with Gasteiger partial charge in [0.1, 0.15) is 17.9 Å². The zero-order valence-corrected chi connectivity index (χ0v) is 16.9. The van der Waals surface area contributed by atoms with E-state index in [1.165, 1.54) is 31.8 Å². The average Bonchev–Trinajstić information content (AvgIpc) is 3.45. The van der Waals surface area contributed by atoms with Crippen LogP contribution in [0.15, 0.2) is 36.8 Å². The van der Waals surface area contributed by atoms with Gasteiger partial charge in [0.05, 0.1) is 26.2 Å². The van der Waals surface area contributed by atoms with Gasteiger partial charge in [0, 0.05) is 35.0 Å². The van der Waals surface area contributed by atoms with Crippen molar-refractivity contribution < 1.29 is 23.0 Å². The second kappa shape index (κ2) is 7.04. The summed E-state index contributed by atoms with van der Waals surface area (Å²) in [6.07, 6.45) is 3.03. The van der Waals surface area contributed by atoms with Gasteiger partial charge in [0.15, 0.2) is 23.0 Å². The number of ether oxygens (including phenoxy) is 3. The molecule has 0 unspecified atom stereocenters. The van der Waals surface area contributed by atoms with Crippen molar-refractivity contribution in [3.05, 3.63) is 59.6 Å². The summed E-state index contributed by atoms with van der Waals surface area (Å²) in [6.45, 7) is 0.938. The second-order valence-corrected chi connectivity index (χ2v) is 7.62. The first kappa shape index (κ1) is 18.8. The van der Waals surface area contributed by atoms with Crippen molar-refractivity contribution in [2.45, 2.75) is 12.5 Å². The molecule has 162 valence electrons. The minimum absolute atomic E-state index is 0.0938. The fourth-order valence-corrected chi connectivity index (χ4v) is 4.32. The van der Waals surface area contributed by atoms with Crippen molar-refractivity contribution in [3.63, 3.8) is 0 Å². The summed E-state index contributed by atoms with van der Waals surface area (Å²) >= 11 is 0. The number of benzene rings is 1. The summed E-state index contributed by atoms with van der Waals surface area (Å²) in [4.78, 5) is 4.02. The molecule has 2 aliphatic rings. The molecule has 0 bridgehead atoms. The van der Waals surface area contributed by atoms with E-state index in [1.54, 1.807) is 16.5 Å². The Morgan fingerprint density at radius 1 is 1.12 bits per heavy atom. The van der Waals surface area contributed by atoms with Crippen LogP contribution in [0, 0.1) is 11.6 Å². The Kier molecular flexibility index (Phi) is 4.14. The average molecular weight is 437 g/mol. The molecule has 1 atom stereocenters. The molecule has 4 aromatic rings. The standard InChI is InChI=1S/C22H17F2N5O3/c1-30-22-16(24)4-11(6-26-22)13-5-18-21(29-10-27-28-20(13)29)25-7-14-15(23)2-3-17-19(14)12(8-31-17)9-32-18/h2-6,10,12,25H,7-9H2,1H3/t12-/m0/s1. The highest BCUT2D eigenvalue weighted by atomic mass is 19.1. The summed E-state index contributed by atoms with van der Waals surface area (Å²) in [5.41, 5.74) is 2.93. The topological polar surface area (TPSA) is 82.8 Å². The summed E-state index contributed by atoms with van der Waals surface area (Å²) < 4.78 is 47.6. The second-order valence-electron chi connectivity index (χ2n) is 7.62. The van der Waals surface area contributed by atoms with Gasteiger partial charge in [0.2, 0.25) is 5.88 Å². The monoisotopic (exact) mass is 437 g/mol. The van der Waals surface area contributed by atoms with Gasteiger partial charge in [-0.2, -0.15) is 0 Å². The molecule has 0 saturated carbocycles. The molecule has 1 aromatic carbocycles. The minimum atomic E-state index is -0.591. The molecule has 6 rings (SSSR count). The van der Waals surface area contributed by atoms with Crippen LogP contribution in [0.2, 0.25) is 0 Å². The van der Waals surface area contributed by atoms with Crippen LogP contribution in [0.25, 0.3) is 16.8 Å². The van der Waals surface area contributed by atoms with Crippen molar-refractivity contribution in [1.29, 1.82) is 0 Å². The fraction of sp³-hybridized carbons (Fsp3) is 0.227. The number of methoxy groups -OCH3 is 1.